The van der Waals surface area contributed by atoms with Crippen molar-refractivity contribution in [2.24, 2.45) is 0 Å². The third kappa shape index (κ3) is 3.73. The van der Waals surface area contributed by atoms with E-state index >= 15 is 0 Å². The van der Waals surface area contributed by atoms with E-state index < -0.39 is 25.7 Å². The molecule has 0 aromatic rings. The number of amides is 1. The minimum absolute atomic E-state index is 0.199. The van der Waals surface area contributed by atoms with Crippen molar-refractivity contribution < 1.29 is 19.4 Å². The SMILES string of the molecule is C[Si](C)(C)CCOC(=O)N1CC(NC2CC2)(C(=O)O)C1. The van der Waals surface area contributed by atoms with E-state index in [4.69, 9.17) is 4.74 Å². The summed E-state index contributed by atoms with van der Waals surface area (Å²) in [6, 6.07) is 1.23. The molecule has 0 radical (unpaired) electrons. The van der Waals surface area contributed by atoms with E-state index in [-0.39, 0.29) is 13.1 Å². The van der Waals surface area contributed by atoms with Gasteiger partial charge in [0.25, 0.3) is 0 Å². The maximum atomic E-state index is 11.8. The molecule has 1 aliphatic heterocycles. The number of carbonyl (C=O) groups excluding carboxylic acids is 1. The Kier molecular flexibility index (Phi) is 4.11. The molecule has 0 spiro atoms. The number of nitrogens with one attached hydrogen (secondary N) is 1. The molecule has 2 aliphatic rings. The third-order valence-electron chi connectivity index (χ3n) is 3.72. The first-order valence-electron chi connectivity index (χ1n) is 7.15. The zero-order valence-electron chi connectivity index (χ0n) is 12.4. The summed E-state index contributed by atoms with van der Waals surface area (Å²) >= 11 is 0. The van der Waals surface area contributed by atoms with Crippen molar-refractivity contribution >= 4 is 20.1 Å². The monoisotopic (exact) mass is 300 g/mol. The number of carboxylic acids is 1. The number of rotatable bonds is 6. The quantitative estimate of drug-likeness (QED) is 0.724. The summed E-state index contributed by atoms with van der Waals surface area (Å²) in [5.41, 5.74) is -0.959. The van der Waals surface area contributed by atoms with Crippen molar-refractivity contribution in [2.75, 3.05) is 19.7 Å². The van der Waals surface area contributed by atoms with Gasteiger partial charge in [-0.3, -0.25) is 10.1 Å². The minimum Gasteiger partial charge on any atom is -0.480 e. The fourth-order valence-corrected chi connectivity index (χ4v) is 2.89. The lowest BCUT2D eigenvalue weighted by atomic mass is 9.90. The van der Waals surface area contributed by atoms with Gasteiger partial charge in [-0.1, -0.05) is 19.6 Å². The van der Waals surface area contributed by atoms with Crippen LogP contribution in [-0.4, -0.2) is 61.4 Å². The van der Waals surface area contributed by atoms with Crippen molar-refractivity contribution in [3.05, 3.63) is 0 Å². The van der Waals surface area contributed by atoms with Crippen LogP contribution in [-0.2, 0) is 9.53 Å². The number of carboxylic acid groups (broad SMARTS) is 1. The lowest BCUT2D eigenvalue weighted by Crippen LogP contribution is -2.74. The molecule has 1 aliphatic carbocycles. The smallest absolute Gasteiger partial charge is 0.409 e. The molecule has 2 fully saturated rings. The van der Waals surface area contributed by atoms with Crippen LogP contribution in [0.4, 0.5) is 4.79 Å². The second kappa shape index (κ2) is 5.36. The van der Waals surface area contributed by atoms with Crippen LogP contribution in [0.2, 0.25) is 25.7 Å². The molecule has 1 heterocycles. The van der Waals surface area contributed by atoms with Gasteiger partial charge in [0.2, 0.25) is 0 Å². The second-order valence-corrected chi connectivity index (χ2v) is 12.7. The van der Waals surface area contributed by atoms with Gasteiger partial charge in [-0.2, -0.15) is 0 Å². The Morgan fingerprint density at radius 3 is 2.40 bits per heavy atom. The van der Waals surface area contributed by atoms with Gasteiger partial charge in [-0.15, -0.1) is 0 Å². The molecule has 0 atom stereocenters. The second-order valence-electron chi connectivity index (χ2n) is 7.09. The van der Waals surface area contributed by atoms with Crippen molar-refractivity contribution in [2.45, 2.75) is 50.1 Å². The molecule has 20 heavy (non-hydrogen) atoms. The molecular formula is C13H24N2O4Si. The zero-order valence-corrected chi connectivity index (χ0v) is 13.4. The summed E-state index contributed by atoms with van der Waals surface area (Å²) in [4.78, 5) is 24.6. The Morgan fingerprint density at radius 2 is 1.95 bits per heavy atom. The van der Waals surface area contributed by atoms with Crippen molar-refractivity contribution in [3.8, 4) is 0 Å². The molecule has 1 amide bonds. The van der Waals surface area contributed by atoms with Crippen LogP contribution in [0.25, 0.3) is 0 Å². The van der Waals surface area contributed by atoms with Gasteiger partial charge in [-0.25, -0.2) is 4.79 Å². The van der Waals surface area contributed by atoms with Gasteiger partial charge in [0.05, 0.1) is 19.7 Å². The number of nitrogens with zero attached hydrogens (tertiary/aromatic N) is 1. The number of hydrogen-bond donors (Lipinski definition) is 2. The molecule has 6 nitrogen and oxygen atoms in total. The summed E-state index contributed by atoms with van der Waals surface area (Å²) in [6.45, 7) is 7.49. The Bertz CT molecular complexity index is 398. The molecule has 7 heteroatoms. The van der Waals surface area contributed by atoms with Crippen molar-refractivity contribution in [1.82, 2.24) is 10.2 Å². The summed E-state index contributed by atoms with van der Waals surface area (Å²) in [5, 5.41) is 12.4. The van der Waals surface area contributed by atoms with Gasteiger partial charge in [0, 0.05) is 14.1 Å². The molecule has 0 aromatic carbocycles. The highest BCUT2D eigenvalue weighted by Gasteiger charge is 2.54. The highest BCUT2D eigenvalue weighted by molar-refractivity contribution is 6.76. The average molecular weight is 300 g/mol. The van der Waals surface area contributed by atoms with Crippen LogP contribution in [0.3, 0.4) is 0 Å². The lowest BCUT2D eigenvalue weighted by molar-refractivity contribution is -0.151. The fraction of sp³-hybridized carbons (Fsp3) is 0.846. The number of ether oxygens (including phenoxy) is 1. The van der Waals surface area contributed by atoms with Crippen molar-refractivity contribution in [3.63, 3.8) is 0 Å². The summed E-state index contributed by atoms with van der Waals surface area (Å²) in [6.07, 6.45) is 1.66. The summed E-state index contributed by atoms with van der Waals surface area (Å²) < 4.78 is 5.22. The maximum Gasteiger partial charge on any atom is 0.409 e. The molecule has 1 saturated carbocycles. The molecular weight excluding hydrogens is 276 g/mol. The average Bonchev–Trinajstić information content (AvgIpc) is 3.03. The van der Waals surface area contributed by atoms with Crippen LogP contribution in [0, 0.1) is 0 Å². The fourth-order valence-electron chi connectivity index (χ4n) is 2.18. The molecule has 0 bridgehead atoms. The van der Waals surface area contributed by atoms with E-state index in [0.717, 1.165) is 18.9 Å². The molecule has 0 aromatic heterocycles. The highest BCUT2D eigenvalue weighted by atomic mass is 28.3. The Hall–Kier alpha value is -1.08. The molecule has 1 saturated heterocycles. The summed E-state index contributed by atoms with van der Waals surface area (Å²) in [5.74, 6) is -0.879. The van der Waals surface area contributed by atoms with E-state index in [2.05, 4.69) is 25.0 Å². The van der Waals surface area contributed by atoms with Crippen LogP contribution in [0.15, 0.2) is 0 Å². The summed E-state index contributed by atoms with van der Waals surface area (Å²) in [7, 11) is -1.21. The minimum atomic E-state index is -1.21. The van der Waals surface area contributed by atoms with E-state index in [1.165, 1.54) is 4.90 Å². The number of likely N-dealkylation sites (tertiary alicyclic amines) is 1. The zero-order chi connectivity index (χ0) is 15.0. The van der Waals surface area contributed by atoms with E-state index in [9.17, 15) is 14.7 Å². The number of carbonyl (C=O) groups is 2. The van der Waals surface area contributed by atoms with Gasteiger partial charge in [0.1, 0.15) is 0 Å². The largest absolute Gasteiger partial charge is 0.480 e. The molecule has 114 valence electrons. The first kappa shape index (κ1) is 15.3. The van der Waals surface area contributed by atoms with Crippen LogP contribution in [0.5, 0.6) is 0 Å². The Balaban J connectivity index is 1.75. The normalized spacial score (nSPS) is 21.2. The lowest BCUT2D eigenvalue weighted by Gasteiger charge is -2.46. The van der Waals surface area contributed by atoms with E-state index in [1.807, 2.05) is 0 Å². The topological polar surface area (TPSA) is 78.9 Å². The standard InChI is InChI=1S/C13H24N2O4Si/c1-20(2,3)7-6-19-12(18)15-8-13(9-15,11(16)17)14-10-4-5-10/h10,14H,4-9H2,1-3H3,(H,16,17). The van der Waals surface area contributed by atoms with Crippen molar-refractivity contribution in [1.29, 1.82) is 0 Å². The molecule has 0 unspecified atom stereocenters. The third-order valence-corrected chi connectivity index (χ3v) is 5.43. The van der Waals surface area contributed by atoms with Gasteiger partial charge in [0.15, 0.2) is 5.54 Å². The van der Waals surface area contributed by atoms with E-state index in [1.54, 1.807) is 0 Å². The molecule has 2 N–H and O–H groups in total. The Morgan fingerprint density at radius 1 is 1.35 bits per heavy atom. The van der Waals surface area contributed by atoms with Crippen LogP contribution >= 0.6 is 0 Å². The maximum absolute atomic E-state index is 11.8. The molecule has 2 rings (SSSR count). The van der Waals surface area contributed by atoms with Gasteiger partial charge < -0.3 is 14.7 Å². The van der Waals surface area contributed by atoms with Gasteiger partial charge in [-0.05, 0) is 18.9 Å². The predicted octanol–water partition coefficient (Wildman–Crippen LogP) is 1.35. The van der Waals surface area contributed by atoms with Crippen LogP contribution < -0.4 is 5.32 Å². The predicted molar refractivity (Wildman–Crippen MR) is 77.6 cm³/mol. The first-order chi connectivity index (χ1) is 9.22. The highest BCUT2D eigenvalue weighted by Crippen LogP contribution is 2.29. The van der Waals surface area contributed by atoms with Gasteiger partial charge >= 0.3 is 12.1 Å². The number of aliphatic carboxylic acids is 1. The van der Waals surface area contributed by atoms with Crippen LogP contribution in [0.1, 0.15) is 12.8 Å². The van der Waals surface area contributed by atoms with E-state index in [0.29, 0.717) is 12.6 Å². The first-order valence-corrected chi connectivity index (χ1v) is 10.9. The Labute approximate surface area is 120 Å². The number of hydrogen-bond acceptors (Lipinski definition) is 4.